The minimum absolute atomic E-state index is 0.0904. The normalized spacial score (nSPS) is 32.6. The first-order valence-corrected chi connectivity index (χ1v) is 7.56. The Labute approximate surface area is 135 Å². The first-order valence-electron chi connectivity index (χ1n) is 7.12. The van der Waals surface area contributed by atoms with Crippen molar-refractivity contribution < 1.29 is 9.84 Å². The zero-order chi connectivity index (χ0) is 16.3. The fourth-order valence-electron chi connectivity index (χ4n) is 2.81. The van der Waals surface area contributed by atoms with Crippen molar-refractivity contribution in [3.8, 4) is 0 Å². The van der Waals surface area contributed by atoms with Gasteiger partial charge in [0.1, 0.15) is 0 Å². The number of imidazole rings is 1. The summed E-state index contributed by atoms with van der Waals surface area (Å²) in [4.78, 5) is 28.9. The molecule has 1 aliphatic heterocycles. The van der Waals surface area contributed by atoms with Crippen LogP contribution in [0.3, 0.4) is 0 Å². The molecule has 2 fully saturated rings. The van der Waals surface area contributed by atoms with Crippen LogP contribution in [0.15, 0.2) is 16.1 Å². The molecule has 9 nitrogen and oxygen atoms in total. The number of fused-ring (bicyclic) bond motifs is 2. The quantitative estimate of drug-likeness (QED) is 0.457. The van der Waals surface area contributed by atoms with Crippen LogP contribution in [-0.4, -0.2) is 67.5 Å². The SMILES string of the molecule is CN(C)C=Nc1nc2c(ncn2C2OC3C(O)C3C2Cl)c(=O)[nH]1. The Morgan fingerprint density at radius 2 is 2.35 bits per heavy atom. The Balaban J connectivity index is 1.75. The number of nitrogens with one attached hydrogen (secondary N) is 1. The van der Waals surface area contributed by atoms with Crippen LogP contribution in [0.2, 0.25) is 0 Å². The van der Waals surface area contributed by atoms with Crippen molar-refractivity contribution in [3.05, 3.63) is 16.7 Å². The van der Waals surface area contributed by atoms with Gasteiger partial charge in [0.05, 0.1) is 30.3 Å². The molecule has 4 rings (SSSR count). The number of H-pyrrole nitrogens is 1. The number of rotatable bonds is 3. The zero-order valence-corrected chi connectivity index (χ0v) is 13.2. The molecule has 1 aliphatic carbocycles. The first kappa shape index (κ1) is 14.6. The second-order valence-electron chi connectivity index (χ2n) is 5.93. The molecular weight excluding hydrogens is 324 g/mol. The smallest absolute Gasteiger partial charge is 0.280 e. The van der Waals surface area contributed by atoms with Gasteiger partial charge in [-0.05, 0) is 0 Å². The molecule has 2 aromatic rings. The zero-order valence-electron chi connectivity index (χ0n) is 12.4. The number of halogens is 1. The Morgan fingerprint density at radius 3 is 3.00 bits per heavy atom. The van der Waals surface area contributed by atoms with Crippen molar-refractivity contribution in [1.82, 2.24) is 24.4 Å². The molecule has 2 N–H and O–H groups in total. The van der Waals surface area contributed by atoms with Crippen LogP contribution in [0.5, 0.6) is 0 Å². The number of ether oxygens (including phenoxy) is 1. The van der Waals surface area contributed by atoms with Gasteiger partial charge < -0.3 is 14.7 Å². The summed E-state index contributed by atoms with van der Waals surface area (Å²) in [5, 5.41) is 9.23. The van der Waals surface area contributed by atoms with E-state index in [0.29, 0.717) is 5.65 Å². The van der Waals surface area contributed by atoms with E-state index in [1.807, 2.05) is 14.1 Å². The van der Waals surface area contributed by atoms with Crippen molar-refractivity contribution in [2.75, 3.05) is 14.1 Å². The van der Waals surface area contributed by atoms with E-state index in [1.165, 1.54) is 12.7 Å². The highest BCUT2D eigenvalue weighted by molar-refractivity contribution is 6.21. The van der Waals surface area contributed by atoms with Gasteiger partial charge in [-0.15, -0.1) is 11.6 Å². The molecular formula is C13H15ClN6O3. The van der Waals surface area contributed by atoms with Crippen LogP contribution in [-0.2, 0) is 4.74 Å². The summed E-state index contributed by atoms with van der Waals surface area (Å²) < 4.78 is 7.35. The molecule has 1 saturated heterocycles. The monoisotopic (exact) mass is 338 g/mol. The fraction of sp³-hybridized carbons (Fsp3) is 0.538. The molecule has 2 aliphatic rings. The van der Waals surface area contributed by atoms with E-state index < -0.39 is 17.7 Å². The molecule has 23 heavy (non-hydrogen) atoms. The lowest BCUT2D eigenvalue weighted by Crippen LogP contribution is -2.23. The summed E-state index contributed by atoms with van der Waals surface area (Å²) in [6.07, 6.45) is 1.73. The third kappa shape index (κ3) is 2.23. The van der Waals surface area contributed by atoms with Crippen LogP contribution in [0.25, 0.3) is 11.2 Å². The highest BCUT2D eigenvalue weighted by atomic mass is 35.5. The standard InChI is InChI=1S/C13H15ClN6O3/c1-19(2)3-16-13-17-10-7(11(22)18-13)15-4-20(10)12-6(14)5-8(21)9(5)23-12/h3-6,8-9,12,21H,1-2H3,(H,17,18,22). The molecule has 122 valence electrons. The van der Waals surface area contributed by atoms with Gasteiger partial charge in [0.15, 0.2) is 17.4 Å². The lowest BCUT2D eigenvalue weighted by atomic mass is 10.2. The van der Waals surface area contributed by atoms with E-state index in [9.17, 15) is 9.90 Å². The molecule has 2 aromatic heterocycles. The predicted octanol–water partition coefficient (Wildman–Crippen LogP) is -0.164. The number of aliphatic hydroxyl groups is 1. The number of hydrogen-bond donors (Lipinski definition) is 2. The molecule has 0 bridgehead atoms. The van der Waals surface area contributed by atoms with Gasteiger partial charge in [-0.1, -0.05) is 0 Å². The van der Waals surface area contributed by atoms with E-state index in [0.717, 1.165) is 0 Å². The molecule has 5 atom stereocenters. The van der Waals surface area contributed by atoms with E-state index in [1.54, 1.807) is 9.47 Å². The maximum Gasteiger partial charge on any atom is 0.280 e. The van der Waals surface area contributed by atoms with Gasteiger partial charge in [0.2, 0.25) is 5.95 Å². The number of aromatic amines is 1. The summed E-state index contributed by atoms with van der Waals surface area (Å²) in [6.45, 7) is 0. The third-order valence-electron chi connectivity index (χ3n) is 4.01. The van der Waals surface area contributed by atoms with Gasteiger partial charge in [-0.3, -0.25) is 14.3 Å². The summed E-state index contributed by atoms with van der Waals surface area (Å²) in [5.41, 5.74) is 0.169. The molecule has 0 aromatic carbocycles. The average Bonchev–Trinajstić information content (AvgIpc) is 2.85. The lowest BCUT2D eigenvalue weighted by Gasteiger charge is -2.19. The van der Waals surface area contributed by atoms with Gasteiger partial charge in [-0.2, -0.15) is 4.98 Å². The van der Waals surface area contributed by atoms with Gasteiger partial charge in [0.25, 0.3) is 5.56 Å². The highest BCUT2D eigenvalue weighted by Crippen LogP contribution is 2.52. The van der Waals surface area contributed by atoms with Crippen LogP contribution >= 0.6 is 11.6 Å². The van der Waals surface area contributed by atoms with Crippen molar-refractivity contribution in [3.63, 3.8) is 0 Å². The Morgan fingerprint density at radius 1 is 1.57 bits per heavy atom. The number of aromatic nitrogens is 4. The van der Waals surface area contributed by atoms with E-state index in [4.69, 9.17) is 16.3 Å². The molecule has 10 heteroatoms. The maximum absolute atomic E-state index is 12.1. The van der Waals surface area contributed by atoms with E-state index >= 15 is 0 Å². The van der Waals surface area contributed by atoms with Crippen LogP contribution in [0.4, 0.5) is 5.95 Å². The van der Waals surface area contributed by atoms with Crippen molar-refractivity contribution >= 4 is 35.1 Å². The van der Waals surface area contributed by atoms with Gasteiger partial charge in [0, 0.05) is 20.0 Å². The number of nitrogens with zero attached hydrogens (tertiary/aromatic N) is 5. The minimum Gasteiger partial charge on any atom is -0.390 e. The fourth-order valence-corrected chi connectivity index (χ4v) is 3.28. The van der Waals surface area contributed by atoms with Crippen molar-refractivity contribution in [2.24, 2.45) is 10.9 Å². The van der Waals surface area contributed by atoms with Crippen LogP contribution in [0, 0.1) is 5.92 Å². The number of aliphatic hydroxyl groups excluding tert-OH is 1. The largest absolute Gasteiger partial charge is 0.390 e. The Hall–Kier alpha value is -1.97. The highest BCUT2D eigenvalue weighted by Gasteiger charge is 2.63. The second-order valence-corrected chi connectivity index (χ2v) is 6.43. The third-order valence-corrected chi connectivity index (χ3v) is 4.52. The first-order chi connectivity index (χ1) is 11.0. The Kier molecular flexibility index (Phi) is 3.19. The number of alkyl halides is 1. The van der Waals surface area contributed by atoms with Gasteiger partial charge >= 0.3 is 0 Å². The van der Waals surface area contributed by atoms with E-state index in [-0.39, 0.29) is 29.0 Å². The Bertz CT molecular complexity index is 846. The average molecular weight is 339 g/mol. The molecule has 0 amide bonds. The summed E-state index contributed by atoms with van der Waals surface area (Å²) in [7, 11) is 3.62. The number of aliphatic imine (C=N–C) groups is 1. The predicted molar refractivity (Wildman–Crippen MR) is 83.0 cm³/mol. The summed E-state index contributed by atoms with van der Waals surface area (Å²) >= 11 is 6.36. The minimum atomic E-state index is -0.514. The van der Waals surface area contributed by atoms with Crippen molar-refractivity contribution in [2.45, 2.75) is 23.8 Å². The molecule has 0 spiro atoms. The maximum atomic E-state index is 12.1. The second kappa shape index (κ2) is 5.02. The molecule has 0 radical (unpaired) electrons. The topological polar surface area (TPSA) is 109 Å². The van der Waals surface area contributed by atoms with Crippen LogP contribution in [0.1, 0.15) is 6.23 Å². The molecule has 3 heterocycles. The van der Waals surface area contributed by atoms with Gasteiger partial charge in [-0.25, -0.2) is 9.98 Å². The molecule has 1 saturated carbocycles. The van der Waals surface area contributed by atoms with E-state index in [2.05, 4.69) is 19.9 Å². The summed E-state index contributed by atoms with van der Waals surface area (Å²) in [6, 6.07) is 0. The van der Waals surface area contributed by atoms with Crippen molar-refractivity contribution in [1.29, 1.82) is 0 Å². The van der Waals surface area contributed by atoms with Crippen LogP contribution < -0.4 is 5.56 Å². The lowest BCUT2D eigenvalue weighted by molar-refractivity contribution is -0.00472. The molecule has 5 unspecified atom stereocenters. The number of hydrogen-bond acceptors (Lipinski definition) is 6. The summed E-state index contributed by atoms with van der Waals surface area (Å²) in [5.74, 6) is 0.0830.